The van der Waals surface area contributed by atoms with E-state index in [2.05, 4.69) is 51.2 Å². The Labute approximate surface area is 90.1 Å². The molecule has 0 fully saturated rings. The summed E-state index contributed by atoms with van der Waals surface area (Å²) in [6.45, 7) is 0. The molecule has 0 bridgehead atoms. The Bertz CT molecular complexity index is 95.3. The first-order valence-corrected chi connectivity index (χ1v) is 10.6. The Morgan fingerprint density at radius 2 is 0.909 bits per heavy atom. The molecule has 68 valence electrons. The molecule has 0 unspecified atom stereocenters. The monoisotopic (exact) mass is 372 g/mol. The quantitative estimate of drug-likeness (QED) is 0.437. The van der Waals surface area contributed by atoms with E-state index in [1.54, 1.807) is 0 Å². The van der Waals surface area contributed by atoms with Gasteiger partial charge < -0.3 is 0 Å². The van der Waals surface area contributed by atoms with Crippen LogP contribution in [0, 0.1) is 0 Å². The molecular weight excluding hydrogens is 362 g/mol. The van der Waals surface area contributed by atoms with Crippen LogP contribution in [0.5, 0.6) is 0 Å². The van der Waals surface area contributed by atoms with E-state index in [-0.39, 0.29) is 0 Å². The summed E-state index contributed by atoms with van der Waals surface area (Å²) < 4.78 is 0. The molecule has 0 aromatic carbocycles. The van der Waals surface area contributed by atoms with Gasteiger partial charge in [0.15, 0.2) is 0 Å². The third kappa shape index (κ3) is 11.1. The molecule has 0 radical (unpaired) electrons. The van der Waals surface area contributed by atoms with Gasteiger partial charge in [-0.25, -0.2) is 0 Å². The fraction of sp³-hybridized carbons (Fsp3) is 0.500. The normalized spacial score (nSPS) is 16.5. The van der Waals surface area contributed by atoms with E-state index in [4.69, 9.17) is 0 Å². The molecule has 0 aromatic rings. The summed E-state index contributed by atoms with van der Waals surface area (Å²) in [5.41, 5.74) is 0. The molecule has 11 heavy (non-hydrogen) atoms. The first-order chi connectivity index (χ1) is 5.41. The topological polar surface area (TPSA) is 0 Å². The molecule has 0 saturated carbocycles. The van der Waals surface area contributed by atoms with E-state index in [1.807, 2.05) is 0 Å². The van der Waals surface area contributed by atoms with Crippen LogP contribution in [0.25, 0.3) is 0 Å². The zero-order valence-electron chi connectivity index (χ0n) is 6.21. The van der Waals surface area contributed by atoms with Gasteiger partial charge in [0.1, 0.15) is 0 Å². The molecule has 0 amide bonds. The van der Waals surface area contributed by atoms with E-state index in [1.165, 1.54) is 25.7 Å². The van der Waals surface area contributed by atoms with Crippen molar-refractivity contribution < 1.29 is 13.9 Å². The number of hydrogen-bond donors (Lipinski definition) is 0. The summed E-state index contributed by atoms with van der Waals surface area (Å²) in [5, 5.41) is 0. The van der Waals surface area contributed by atoms with Crippen LogP contribution in [0.1, 0.15) is 25.7 Å². The number of hydrogen-bond acceptors (Lipinski definition) is 0. The van der Waals surface area contributed by atoms with Gasteiger partial charge in [-0.1, -0.05) is 24.3 Å². The van der Waals surface area contributed by atoms with Gasteiger partial charge >= 0.3 is 40.8 Å². The second-order valence-electron chi connectivity index (χ2n) is 2.14. The van der Waals surface area contributed by atoms with Gasteiger partial charge in [0.2, 0.25) is 0 Å². The first kappa shape index (κ1) is 12.1. The Morgan fingerprint density at radius 1 is 0.727 bits per heavy atom. The third-order valence-corrected chi connectivity index (χ3v) is 1.33. The molecule has 0 saturated heterocycles. The number of allylic oxidation sites excluding steroid dienone is 4. The molecule has 0 aliphatic heterocycles. The van der Waals surface area contributed by atoms with Crippen molar-refractivity contribution in [3.8, 4) is 0 Å². The maximum absolute atomic E-state index is 3.11. The molecule has 0 N–H and O–H groups in total. The van der Waals surface area contributed by atoms with Crippen molar-refractivity contribution >= 4 is 26.9 Å². The minimum absolute atomic E-state index is 0.575. The molecule has 1 aliphatic rings. The Hall–Kier alpha value is 1.10. The van der Waals surface area contributed by atoms with Gasteiger partial charge in [-0.3, -0.25) is 0 Å². The summed E-state index contributed by atoms with van der Waals surface area (Å²) in [5.74, 6) is 0. The maximum atomic E-state index is 3.11. The fourth-order valence-corrected chi connectivity index (χ4v) is 0.856. The second-order valence-corrected chi connectivity index (χ2v) is 9.31. The molecule has 0 aromatic heterocycles. The van der Waals surface area contributed by atoms with E-state index >= 15 is 0 Å². The molecule has 0 nitrogen and oxygen atoms in total. The van der Waals surface area contributed by atoms with E-state index in [0.29, 0.717) is 13.9 Å². The molecule has 0 heterocycles. The average molecular weight is 374 g/mol. The fourth-order valence-electron chi connectivity index (χ4n) is 0.856. The summed E-state index contributed by atoms with van der Waals surface area (Å²) in [4.78, 5) is 0. The summed E-state index contributed by atoms with van der Waals surface area (Å²) in [6, 6.07) is 0. The van der Waals surface area contributed by atoms with Gasteiger partial charge in [-0.05, 0) is 25.7 Å². The first-order valence-electron chi connectivity index (χ1n) is 3.54. The van der Waals surface area contributed by atoms with Crippen LogP contribution in [0.4, 0.5) is 0 Å². The zero-order valence-corrected chi connectivity index (χ0v) is 10.9. The molecule has 3 heteroatoms. The van der Waals surface area contributed by atoms with E-state index in [9.17, 15) is 0 Å². The average Bonchev–Trinajstić information content (AvgIpc) is 1.86. The van der Waals surface area contributed by atoms with Gasteiger partial charge in [0.25, 0.3) is 0 Å². The van der Waals surface area contributed by atoms with Crippen LogP contribution in [0.3, 0.4) is 0 Å². The Balaban J connectivity index is 0.000000292. The van der Waals surface area contributed by atoms with Crippen molar-refractivity contribution in [3.05, 3.63) is 24.3 Å². The van der Waals surface area contributed by atoms with Gasteiger partial charge in [-0.2, -0.15) is 0 Å². The molecule has 0 atom stereocenters. The minimum atomic E-state index is 0.575. The van der Waals surface area contributed by atoms with Crippen LogP contribution >= 0.6 is 26.9 Å². The summed E-state index contributed by atoms with van der Waals surface area (Å²) in [7, 11) is 0. The number of rotatable bonds is 0. The zero-order chi connectivity index (χ0) is 8.36. The van der Waals surface area contributed by atoms with Crippen molar-refractivity contribution in [2.45, 2.75) is 25.7 Å². The van der Waals surface area contributed by atoms with Gasteiger partial charge in [-0.15, -0.1) is 0 Å². The van der Waals surface area contributed by atoms with Crippen LogP contribution in [-0.2, 0) is 13.9 Å². The third-order valence-electron chi connectivity index (χ3n) is 1.33. The van der Waals surface area contributed by atoms with E-state index < -0.39 is 0 Å². The van der Waals surface area contributed by atoms with Crippen molar-refractivity contribution in [1.29, 1.82) is 0 Å². The van der Waals surface area contributed by atoms with Crippen molar-refractivity contribution in [2.75, 3.05) is 0 Å². The van der Waals surface area contributed by atoms with Gasteiger partial charge in [0, 0.05) is 0 Å². The van der Waals surface area contributed by atoms with Crippen molar-refractivity contribution in [3.63, 3.8) is 0 Å². The SMILES string of the molecule is C1=CCCC=CCC1.[Br][Pd][Br]. The second kappa shape index (κ2) is 11.1. The van der Waals surface area contributed by atoms with E-state index in [0.717, 1.165) is 0 Å². The predicted octanol–water partition coefficient (Wildman–Crippen LogP) is 4.36. The standard InChI is InChI=1S/C8H12.2BrH.Pd/c1-2-4-6-8-7-5-3-1;;;/h1-2,7-8H,3-6H2;2*1H;/q;;;+2/p-2. The molecule has 1 rings (SSSR count). The Morgan fingerprint density at radius 3 is 1.09 bits per heavy atom. The van der Waals surface area contributed by atoms with Crippen LogP contribution in [0.2, 0.25) is 0 Å². The molecule has 1 aliphatic carbocycles. The number of halogens is 2. The van der Waals surface area contributed by atoms with Crippen LogP contribution in [0.15, 0.2) is 24.3 Å². The van der Waals surface area contributed by atoms with Gasteiger partial charge in [0.05, 0.1) is 0 Å². The summed E-state index contributed by atoms with van der Waals surface area (Å²) in [6.07, 6.45) is 14.0. The Kier molecular flexibility index (Phi) is 12.2. The van der Waals surface area contributed by atoms with Crippen molar-refractivity contribution in [1.82, 2.24) is 0 Å². The summed E-state index contributed by atoms with van der Waals surface area (Å²) >= 11 is 6.80. The van der Waals surface area contributed by atoms with Crippen molar-refractivity contribution in [2.24, 2.45) is 0 Å². The predicted molar refractivity (Wildman–Crippen MR) is 54.6 cm³/mol. The molecular formula is C8H12Br2Pd. The molecule has 0 spiro atoms. The van der Waals surface area contributed by atoms with Crippen LogP contribution in [-0.4, -0.2) is 0 Å². The van der Waals surface area contributed by atoms with Crippen LogP contribution < -0.4 is 0 Å².